The summed E-state index contributed by atoms with van der Waals surface area (Å²) in [5.41, 5.74) is 13.6. The second-order valence-electron chi connectivity index (χ2n) is 8.50. The van der Waals surface area contributed by atoms with E-state index in [1.165, 1.54) is 12.1 Å². The molecule has 0 radical (unpaired) electrons. The summed E-state index contributed by atoms with van der Waals surface area (Å²) in [5, 5.41) is 18.6. The van der Waals surface area contributed by atoms with Crippen molar-refractivity contribution in [2.45, 2.75) is 46.8 Å². The van der Waals surface area contributed by atoms with E-state index in [1.807, 2.05) is 0 Å². The Kier molecular flexibility index (Phi) is 5.58. The Bertz CT molecular complexity index is 1620. The lowest BCUT2D eigenvalue weighted by Gasteiger charge is -2.27. The molecule has 2 aromatic carbocycles. The molecule has 0 atom stereocenters. The second kappa shape index (κ2) is 8.37. The molecular formula is C20H23N9O4S2. The maximum atomic E-state index is 13.7. The van der Waals surface area contributed by atoms with Crippen LogP contribution in [-0.4, -0.2) is 58.7 Å². The van der Waals surface area contributed by atoms with Gasteiger partial charge in [-0.05, 0) is 48.6 Å². The van der Waals surface area contributed by atoms with Gasteiger partial charge in [-0.25, -0.2) is 27.0 Å². The predicted molar refractivity (Wildman–Crippen MR) is 128 cm³/mol. The van der Waals surface area contributed by atoms with Crippen molar-refractivity contribution in [1.29, 1.82) is 0 Å². The van der Waals surface area contributed by atoms with E-state index in [9.17, 15) is 16.8 Å². The summed E-state index contributed by atoms with van der Waals surface area (Å²) >= 11 is 0. The molecule has 0 spiro atoms. The van der Waals surface area contributed by atoms with E-state index >= 15 is 0 Å². The van der Waals surface area contributed by atoms with Crippen molar-refractivity contribution in [1.82, 2.24) is 30.6 Å². The molecule has 1 aliphatic carbocycles. The molecule has 1 saturated carbocycles. The number of nitrogen functional groups attached to an aromatic ring is 1. The lowest BCUT2D eigenvalue weighted by Crippen LogP contribution is -2.34. The van der Waals surface area contributed by atoms with Gasteiger partial charge in [-0.1, -0.05) is 18.2 Å². The van der Waals surface area contributed by atoms with Gasteiger partial charge in [0.15, 0.2) is 15.8 Å². The Morgan fingerprint density at radius 2 is 1.71 bits per heavy atom. The summed E-state index contributed by atoms with van der Waals surface area (Å²) in [6, 6.07) is 7.84. The number of rotatable bonds is 5. The third-order valence-corrected chi connectivity index (χ3v) is 9.69. The summed E-state index contributed by atoms with van der Waals surface area (Å²) in [5.74, 6) is 0.0335. The first kappa shape index (κ1) is 23.3. The van der Waals surface area contributed by atoms with Crippen molar-refractivity contribution in [2.24, 2.45) is 10.9 Å². The van der Waals surface area contributed by atoms with Gasteiger partial charge in [0.25, 0.3) is 0 Å². The third kappa shape index (κ3) is 4.05. The van der Waals surface area contributed by atoms with Gasteiger partial charge in [0.1, 0.15) is 4.90 Å². The van der Waals surface area contributed by atoms with Gasteiger partial charge < -0.3 is 16.5 Å². The SMILES string of the molecule is Nc1nc2cccc(-c3ccc(S(=O)(=O)[C@H]4CC[C@@H](N)CC4)c(S(N)(=O)=O)c3-c3nn[nH]n3)c2[nH]1. The number of para-hydroxylation sites is 1. The third-order valence-electron chi connectivity index (χ3n) is 6.27. The smallest absolute Gasteiger partial charge is 0.240 e. The predicted octanol–water partition coefficient (Wildman–Crippen LogP) is 0.683. The molecular weight excluding hydrogens is 494 g/mol. The van der Waals surface area contributed by atoms with E-state index < -0.39 is 34.9 Å². The molecule has 0 saturated heterocycles. The van der Waals surface area contributed by atoms with Gasteiger partial charge >= 0.3 is 0 Å². The van der Waals surface area contributed by atoms with Crippen LogP contribution >= 0.6 is 0 Å². The minimum absolute atomic E-state index is 0.0845. The highest BCUT2D eigenvalue weighted by molar-refractivity contribution is 7.94. The Hall–Kier alpha value is -3.40. The van der Waals surface area contributed by atoms with Crippen LogP contribution in [0.1, 0.15) is 25.7 Å². The van der Waals surface area contributed by atoms with Gasteiger partial charge in [-0.3, -0.25) is 0 Å². The minimum atomic E-state index is -4.58. The van der Waals surface area contributed by atoms with Gasteiger partial charge in [-0.2, -0.15) is 5.21 Å². The van der Waals surface area contributed by atoms with Crippen molar-refractivity contribution in [3.63, 3.8) is 0 Å². The van der Waals surface area contributed by atoms with Crippen LogP contribution in [0.3, 0.4) is 0 Å². The largest absolute Gasteiger partial charge is 0.369 e. The molecule has 8 N–H and O–H groups in total. The molecule has 35 heavy (non-hydrogen) atoms. The topological polar surface area (TPSA) is 229 Å². The van der Waals surface area contributed by atoms with E-state index in [1.54, 1.807) is 18.2 Å². The highest BCUT2D eigenvalue weighted by Gasteiger charge is 2.37. The number of aromatic nitrogens is 6. The standard InChI is InChI=1S/C20H23N9O4S2/c21-10-4-6-11(7-5-10)34(30,31)15-9-8-12(13-2-1-3-14-17(13)25-20(22)24-14)16(18(15)35(23,32)33)19-26-28-29-27-19/h1-3,8-11H,4-7,21H2,(H3,22,24,25)(H2,23,32,33)(H,26,27,28,29)/t10-,11+. The van der Waals surface area contributed by atoms with Gasteiger partial charge in [-0.15, -0.1) is 10.2 Å². The van der Waals surface area contributed by atoms with E-state index in [2.05, 4.69) is 30.6 Å². The van der Waals surface area contributed by atoms with Gasteiger partial charge in [0, 0.05) is 11.6 Å². The average Bonchev–Trinajstić information content (AvgIpc) is 3.46. The lowest BCUT2D eigenvalue weighted by atomic mass is 9.96. The number of nitrogens with one attached hydrogen (secondary N) is 2. The van der Waals surface area contributed by atoms with Crippen LogP contribution < -0.4 is 16.6 Å². The summed E-state index contributed by atoms with van der Waals surface area (Å²) in [6.07, 6.45) is 1.68. The molecule has 1 fully saturated rings. The fourth-order valence-corrected chi connectivity index (χ4v) is 8.04. The van der Waals surface area contributed by atoms with Crippen LogP contribution in [0.15, 0.2) is 40.1 Å². The molecule has 5 rings (SSSR count). The Balaban J connectivity index is 1.83. The fraction of sp³-hybridized carbons (Fsp3) is 0.300. The monoisotopic (exact) mass is 517 g/mol. The zero-order valence-electron chi connectivity index (χ0n) is 18.3. The molecule has 0 bridgehead atoms. The number of sulfone groups is 1. The van der Waals surface area contributed by atoms with Crippen LogP contribution in [0.25, 0.3) is 33.5 Å². The van der Waals surface area contributed by atoms with E-state index in [0.717, 1.165) is 0 Å². The number of primary sulfonamides is 1. The van der Waals surface area contributed by atoms with Crippen molar-refractivity contribution in [3.8, 4) is 22.5 Å². The van der Waals surface area contributed by atoms with Crippen LogP contribution in [0, 0.1) is 0 Å². The summed E-state index contributed by atoms with van der Waals surface area (Å²) in [7, 11) is -8.67. The van der Waals surface area contributed by atoms with Crippen LogP contribution in [-0.2, 0) is 19.9 Å². The zero-order valence-corrected chi connectivity index (χ0v) is 20.0. The normalized spacial score (nSPS) is 19.3. The number of tetrazole rings is 1. The maximum absolute atomic E-state index is 13.7. The first-order valence-electron chi connectivity index (χ1n) is 10.7. The summed E-state index contributed by atoms with van der Waals surface area (Å²) in [6.45, 7) is 0. The highest BCUT2D eigenvalue weighted by atomic mass is 32.2. The Morgan fingerprint density at radius 3 is 2.37 bits per heavy atom. The number of anilines is 1. The lowest BCUT2D eigenvalue weighted by molar-refractivity contribution is 0.433. The second-order valence-corrected chi connectivity index (χ2v) is 12.2. The number of nitrogens with two attached hydrogens (primary N) is 3. The molecule has 0 amide bonds. The average molecular weight is 518 g/mol. The number of nitrogens with zero attached hydrogens (tertiary/aromatic N) is 4. The Morgan fingerprint density at radius 1 is 0.971 bits per heavy atom. The molecule has 184 valence electrons. The van der Waals surface area contributed by atoms with Crippen molar-refractivity contribution in [3.05, 3.63) is 30.3 Å². The number of H-pyrrole nitrogens is 2. The number of aromatic amines is 2. The van der Waals surface area contributed by atoms with E-state index in [4.69, 9.17) is 16.6 Å². The van der Waals surface area contributed by atoms with E-state index in [0.29, 0.717) is 47.8 Å². The molecule has 1 aliphatic rings. The number of sulfonamides is 1. The first-order valence-corrected chi connectivity index (χ1v) is 13.8. The fourth-order valence-electron chi connectivity index (χ4n) is 4.64. The highest BCUT2D eigenvalue weighted by Crippen LogP contribution is 2.42. The minimum Gasteiger partial charge on any atom is -0.369 e. The van der Waals surface area contributed by atoms with Gasteiger partial charge in [0.2, 0.25) is 15.8 Å². The van der Waals surface area contributed by atoms with Crippen molar-refractivity contribution >= 4 is 36.8 Å². The number of imidazole rings is 1. The van der Waals surface area contributed by atoms with E-state index in [-0.39, 0.29) is 23.4 Å². The number of fused-ring (bicyclic) bond motifs is 1. The zero-order chi connectivity index (χ0) is 25.0. The van der Waals surface area contributed by atoms with Crippen molar-refractivity contribution in [2.75, 3.05) is 5.73 Å². The quantitative estimate of drug-likeness (QED) is 0.248. The van der Waals surface area contributed by atoms with Gasteiger partial charge in [0.05, 0.1) is 26.7 Å². The summed E-state index contributed by atoms with van der Waals surface area (Å²) < 4.78 is 53.3. The van der Waals surface area contributed by atoms with Crippen LogP contribution in [0.5, 0.6) is 0 Å². The van der Waals surface area contributed by atoms with Crippen molar-refractivity contribution < 1.29 is 16.8 Å². The number of hydrogen-bond acceptors (Lipinski definition) is 10. The molecule has 0 unspecified atom stereocenters. The first-order chi connectivity index (χ1) is 16.6. The van der Waals surface area contributed by atoms with Crippen LogP contribution in [0.4, 0.5) is 5.95 Å². The molecule has 13 nitrogen and oxygen atoms in total. The van der Waals surface area contributed by atoms with Crippen LogP contribution in [0.2, 0.25) is 0 Å². The number of hydrogen-bond donors (Lipinski definition) is 5. The molecule has 15 heteroatoms. The molecule has 0 aliphatic heterocycles. The summed E-state index contributed by atoms with van der Waals surface area (Å²) in [4.78, 5) is 6.17. The molecule has 4 aromatic rings. The maximum Gasteiger partial charge on any atom is 0.240 e. The Labute approximate surface area is 200 Å². The molecule has 2 heterocycles. The molecule has 2 aromatic heterocycles. The number of benzene rings is 2.